The Morgan fingerprint density at radius 1 is 1.00 bits per heavy atom. The first-order chi connectivity index (χ1) is 10.7. The van der Waals surface area contributed by atoms with E-state index < -0.39 is 0 Å². The lowest BCUT2D eigenvalue weighted by Gasteiger charge is -2.10. The van der Waals surface area contributed by atoms with E-state index in [9.17, 15) is 4.79 Å². The smallest absolute Gasteiger partial charge is 0.255 e. The normalized spacial score (nSPS) is 10.1. The molecule has 5 heteroatoms. The molecule has 5 nitrogen and oxygen atoms in total. The van der Waals surface area contributed by atoms with Gasteiger partial charge in [-0.25, -0.2) is 0 Å². The van der Waals surface area contributed by atoms with Crippen LogP contribution in [0.1, 0.15) is 15.9 Å². The number of nitrogens with one attached hydrogen (secondary N) is 1. The van der Waals surface area contributed by atoms with Gasteiger partial charge in [0.15, 0.2) is 0 Å². The Labute approximate surface area is 129 Å². The Hall–Kier alpha value is -2.53. The third kappa shape index (κ3) is 3.99. The van der Waals surface area contributed by atoms with Gasteiger partial charge in [0.2, 0.25) is 0 Å². The summed E-state index contributed by atoms with van der Waals surface area (Å²) in [4.78, 5) is 12.4. The van der Waals surface area contributed by atoms with Gasteiger partial charge in [0.1, 0.15) is 11.5 Å². The Balaban J connectivity index is 2.20. The predicted molar refractivity (Wildman–Crippen MR) is 84.7 cm³/mol. The molecule has 0 atom stereocenters. The van der Waals surface area contributed by atoms with Crippen molar-refractivity contribution in [1.82, 2.24) is 0 Å². The molecular formula is C17H19NO4. The standard InChI is InChI=1S/C17H19NO4/c1-20-11-12-5-4-6-14(7-12)18-17(19)13-8-15(21-2)10-16(9-13)22-3/h4-10H,11H2,1-3H3,(H,18,19). The lowest BCUT2D eigenvalue weighted by molar-refractivity contribution is 0.102. The second-order valence-corrected chi connectivity index (χ2v) is 4.69. The highest BCUT2D eigenvalue weighted by Crippen LogP contribution is 2.23. The number of ether oxygens (including phenoxy) is 3. The summed E-state index contributed by atoms with van der Waals surface area (Å²) in [5.41, 5.74) is 2.17. The zero-order valence-electron chi connectivity index (χ0n) is 12.9. The lowest BCUT2D eigenvalue weighted by atomic mass is 10.1. The molecular weight excluding hydrogens is 282 g/mol. The zero-order chi connectivity index (χ0) is 15.9. The fourth-order valence-electron chi connectivity index (χ4n) is 2.05. The van der Waals surface area contributed by atoms with Crippen LogP contribution >= 0.6 is 0 Å². The van der Waals surface area contributed by atoms with Crippen LogP contribution in [0.2, 0.25) is 0 Å². The van der Waals surface area contributed by atoms with E-state index in [1.165, 1.54) is 0 Å². The Morgan fingerprint density at radius 2 is 1.68 bits per heavy atom. The van der Waals surface area contributed by atoms with E-state index in [-0.39, 0.29) is 5.91 Å². The molecule has 0 aliphatic carbocycles. The maximum absolute atomic E-state index is 12.4. The molecule has 0 aliphatic rings. The summed E-state index contributed by atoms with van der Waals surface area (Å²) in [6.07, 6.45) is 0. The number of benzene rings is 2. The van der Waals surface area contributed by atoms with Crippen molar-refractivity contribution in [2.45, 2.75) is 6.61 Å². The van der Waals surface area contributed by atoms with E-state index in [1.54, 1.807) is 39.5 Å². The molecule has 0 bridgehead atoms. The van der Waals surface area contributed by atoms with E-state index in [2.05, 4.69) is 5.32 Å². The number of hydrogen-bond acceptors (Lipinski definition) is 4. The molecule has 0 saturated carbocycles. The second kappa shape index (κ2) is 7.47. The molecule has 22 heavy (non-hydrogen) atoms. The zero-order valence-corrected chi connectivity index (χ0v) is 12.9. The van der Waals surface area contributed by atoms with Gasteiger partial charge in [-0.15, -0.1) is 0 Å². The summed E-state index contributed by atoms with van der Waals surface area (Å²) in [7, 11) is 4.73. The third-order valence-corrected chi connectivity index (χ3v) is 3.11. The molecule has 2 aromatic rings. The van der Waals surface area contributed by atoms with Crippen LogP contribution in [0.4, 0.5) is 5.69 Å². The molecule has 1 amide bonds. The first-order valence-electron chi connectivity index (χ1n) is 6.78. The summed E-state index contributed by atoms with van der Waals surface area (Å²) in [5.74, 6) is 0.905. The van der Waals surface area contributed by atoms with Gasteiger partial charge in [-0.3, -0.25) is 4.79 Å². The van der Waals surface area contributed by atoms with E-state index in [0.29, 0.717) is 29.4 Å². The number of amides is 1. The summed E-state index contributed by atoms with van der Waals surface area (Å²) in [5, 5.41) is 2.85. The van der Waals surface area contributed by atoms with Crippen molar-refractivity contribution < 1.29 is 19.0 Å². The molecule has 116 valence electrons. The lowest BCUT2D eigenvalue weighted by Crippen LogP contribution is -2.12. The molecule has 0 aliphatic heterocycles. The van der Waals surface area contributed by atoms with Crippen LogP contribution in [-0.4, -0.2) is 27.2 Å². The van der Waals surface area contributed by atoms with Crippen LogP contribution in [-0.2, 0) is 11.3 Å². The fraction of sp³-hybridized carbons (Fsp3) is 0.235. The number of rotatable bonds is 6. The molecule has 0 aromatic heterocycles. The van der Waals surface area contributed by atoms with Gasteiger partial charge in [-0.1, -0.05) is 12.1 Å². The van der Waals surface area contributed by atoms with Crippen LogP contribution in [0.15, 0.2) is 42.5 Å². The van der Waals surface area contributed by atoms with E-state index in [4.69, 9.17) is 14.2 Å². The first-order valence-corrected chi connectivity index (χ1v) is 6.78. The second-order valence-electron chi connectivity index (χ2n) is 4.69. The number of hydrogen-bond donors (Lipinski definition) is 1. The van der Waals surface area contributed by atoms with Crippen LogP contribution in [0.5, 0.6) is 11.5 Å². The average molecular weight is 301 g/mol. The predicted octanol–water partition coefficient (Wildman–Crippen LogP) is 3.10. The van der Waals surface area contributed by atoms with Gasteiger partial charge in [0.25, 0.3) is 5.91 Å². The number of carbonyl (C=O) groups excluding carboxylic acids is 1. The van der Waals surface area contributed by atoms with Gasteiger partial charge in [-0.2, -0.15) is 0 Å². The Morgan fingerprint density at radius 3 is 2.27 bits per heavy atom. The Bertz CT molecular complexity index is 633. The largest absolute Gasteiger partial charge is 0.497 e. The Kier molecular flexibility index (Phi) is 5.38. The minimum atomic E-state index is -0.230. The quantitative estimate of drug-likeness (QED) is 0.890. The van der Waals surface area contributed by atoms with Crippen molar-refractivity contribution in [2.24, 2.45) is 0 Å². The number of carbonyl (C=O) groups is 1. The average Bonchev–Trinajstić information content (AvgIpc) is 2.55. The molecule has 0 saturated heterocycles. The molecule has 0 spiro atoms. The van der Waals surface area contributed by atoms with Crippen molar-refractivity contribution in [1.29, 1.82) is 0 Å². The van der Waals surface area contributed by atoms with Gasteiger partial charge in [0.05, 0.1) is 20.8 Å². The van der Waals surface area contributed by atoms with E-state index in [0.717, 1.165) is 5.56 Å². The minimum absolute atomic E-state index is 0.230. The molecule has 1 N–H and O–H groups in total. The van der Waals surface area contributed by atoms with Gasteiger partial charge in [0, 0.05) is 24.4 Å². The molecule has 0 radical (unpaired) electrons. The maximum atomic E-state index is 12.4. The number of anilines is 1. The van der Waals surface area contributed by atoms with E-state index in [1.807, 2.05) is 24.3 Å². The van der Waals surface area contributed by atoms with Crippen molar-refractivity contribution in [2.75, 3.05) is 26.6 Å². The van der Waals surface area contributed by atoms with Crippen molar-refractivity contribution >= 4 is 11.6 Å². The van der Waals surface area contributed by atoms with Crippen LogP contribution < -0.4 is 14.8 Å². The molecule has 2 rings (SSSR count). The SMILES string of the molecule is COCc1cccc(NC(=O)c2cc(OC)cc(OC)c2)c1. The number of methoxy groups -OCH3 is 3. The monoisotopic (exact) mass is 301 g/mol. The van der Waals surface area contributed by atoms with Crippen LogP contribution in [0.25, 0.3) is 0 Å². The van der Waals surface area contributed by atoms with Gasteiger partial charge in [-0.05, 0) is 29.8 Å². The molecule has 0 fully saturated rings. The molecule has 0 unspecified atom stereocenters. The highest BCUT2D eigenvalue weighted by atomic mass is 16.5. The summed E-state index contributed by atoms with van der Waals surface area (Å²) < 4.78 is 15.4. The van der Waals surface area contributed by atoms with Crippen molar-refractivity contribution in [3.8, 4) is 11.5 Å². The topological polar surface area (TPSA) is 56.8 Å². The minimum Gasteiger partial charge on any atom is -0.497 e. The summed E-state index contributed by atoms with van der Waals surface area (Å²) >= 11 is 0. The van der Waals surface area contributed by atoms with E-state index >= 15 is 0 Å². The van der Waals surface area contributed by atoms with Crippen molar-refractivity contribution in [3.05, 3.63) is 53.6 Å². The highest BCUT2D eigenvalue weighted by Gasteiger charge is 2.10. The fourth-order valence-corrected chi connectivity index (χ4v) is 2.05. The highest BCUT2D eigenvalue weighted by molar-refractivity contribution is 6.04. The molecule has 2 aromatic carbocycles. The summed E-state index contributed by atoms with van der Waals surface area (Å²) in [6.45, 7) is 0.497. The van der Waals surface area contributed by atoms with Crippen LogP contribution in [0.3, 0.4) is 0 Å². The summed E-state index contributed by atoms with van der Waals surface area (Å²) in [6, 6.07) is 12.6. The van der Waals surface area contributed by atoms with Crippen molar-refractivity contribution in [3.63, 3.8) is 0 Å². The molecule has 0 heterocycles. The maximum Gasteiger partial charge on any atom is 0.255 e. The van der Waals surface area contributed by atoms with Gasteiger partial charge >= 0.3 is 0 Å². The van der Waals surface area contributed by atoms with Crippen LogP contribution in [0, 0.1) is 0 Å². The van der Waals surface area contributed by atoms with Gasteiger partial charge < -0.3 is 19.5 Å². The third-order valence-electron chi connectivity index (χ3n) is 3.11. The first kappa shape index (κ1) is 15.9.